The van der Waals surface area contributed by atoms with E-state index in [1.807, 2.05) is 0 Å². The molecule has 1 atom stereocenters. The fourth-order valence-corrected chi connectivity index (χ4v) is 1.58. The van der Waals surface area contributed by atoms with Crippen LogP contribution in [0.5, 0.6) is 0 Å². The van der Waals surface area contributed by atoms with E-state index in [1.54, 1.807) is 10.9 Å². The molecular weight excluding hydrogens is 198 g/mol. The number of methoxy groups -OCH3 is 1. The molecule has 1 aromatic heterocycles. The first-order chi connectivity index (χ1) is 7.22. The maximum absolute atomic E-state index is 11.3. The summed E-state index contributed by atoms with van der Waals surface area (Å²) in [6.07, 6.45) is 2.54. The molecule has 1 unspecified atom stereocenters. The molecule has 0 saturated carbocycles. The summed E-state index contributed by atoms with van der Waals surface area (Å²) in [5.74, 6) is -0.509. The molecule has 82 valence electrons. The predicted octanol–water partition coefficient (Wildman–Crippen LogP) is 0.213. The van der Waals surface area contributed by atoms with Crippen molar-refractivity contribution >= 4 is 11.7 Å². The van der Waals surface area contributed by atoms with Gasteiger partial charge in [0.1, 0.15) is 0 Å². The molecule has 2 heterocycles. The first-order valence-corrected chi connectivity index (χ1v) is 4.73. The summed E-state index contributed by atoms with van der Waals surface area (Å²) < 4.78 is 11.5. The van der Waals surface area contributed by atoms with Crippen molar-refractivity contribution in [3.05, 3.63) is 11.9 Å². The number of rotatable bonds is 2. The third-order valence-electron chi connectivity index (χ3n) is 2.42. The lowest BCUT2D eigenvalue weighted by Gasteiger charge is -2.06. The standard InChI is InChI=1S/C9H13N3O3/c1-14-9(13)8-7(10)4-12(11-8)6-2-3-15-5-6/h4,6H,2-3,5,10H2,1H3. The van der Waals surface area contributed by atoms with Crippen LogP contribution in [0.15, 0.2) is 6.20 Å². The van der Waals surface area contributed by atoms with E-state index in [0.717, 1.165) is 13.0 Å². The fraction of sp³-hybridized carbons (Fsp3) is 0.556. The highest BCUT2D eigenvalue weighted by Crippen LogP contribution is 2.21. The number of nitrogens with two attached hydrogens (primary N) is 1. The Morgan fingerprint density at radius 1 is 1.80 bits per heavy atom. The van der Waals surface area contributed by atoms with Gasteiger partial charge in [-0.25, -0.2) is 4.79 Å². The van der Waals surface area contributed by atoms with E-state index >= 15 is 0 Å². The second kappa shape index (κ2) is 3.90. The average molecular weight is 211 g/mol. The highest BCUT2D eigenvalue weighted by molar-refractivity contribution is 5.92. The Kier molecular flexibility index (Phi) is 2.59. The molecule has 0 bridgehead atoms. The van der Waals surface area contributed by atoms with Gasteiger partial charge >= 0.3 is 5.97 Å². The molecule has 1 aliphatic heterocycles. The van der Waals surface area contributed by atoms with Gasteiger partial charge in [0.2, 0.25) is 0 Å². The fourth-order valence-electron chi connectivity index (χ4n) is 1.58. The lowest BCUT2D eigenvalue weighted by atomic mass is 10.3. The Morgan fingerprint density at radius 3 is 3.20 bits per heavy atom. The molecule has 15 heavy (non-hydrogen) atoms. The number of nitrogen functional groups attached to an aromatic ring is 1. The van der Waals surface area contributed by atoms with Gasteiger partial charge in [-0.15, -0.1) is 0 Å². The third-order valence-corrected chi connectivity index (χ3v) is 2.42. The second-order valence-corrected chi connectivity index (χ2v) is 3.42. The Labute approximate surface area is 87.0 Å². The summed E-state index contributed by atoms with van der Waals surface area (Å²) in [6, 6.07) is 0.172. The van der Waals surface area contributed by atoms with Crippen molar-refractivity contribution in [3.8, 4) is 0 Å². The summed E-state index contributed by atoms with van der Waals surface area (Å²) in [5.41, 5.74) is 6.17. The molecule has 2 N–H and O–H groups in total. The van der Waals surface area contributed by atoms with Crippen LogP contribution in [0.3, 0.4) is 0 Å². The minimum absolute atomic E-state index is 0.171. The molecule has 2 rings (SSSR count). The normalized spacial score (nSPS) is 20.5. The zero-order valence-corrected chi connectivity index (χ0v) is 8.47. The van der Waals surface area contributed by atoms with Crippen molar-refractivity contribution < 1.29 is 14.3 Å². The highest BCUT2D eigenvalue weighted by Gasteiger charge is 2.22. The SMILES string of the molecule is COC(=O)c1nn(C2CCOC2)cc1N. The zero-order chi connectivity index (χ0) is 10.8. The monoisotopic (exact) mass is 211 g/mol. The van der Waals surface area contributed by atoms with Crippen LogP contribution in [-0.2, 0) is 9.47 Å². The second-order valence-electron chi connectivity index (χ2n) is 3.42. The van der Waals surface area contributed by atoms with Gasteiger partial charge in [0.25, 0.3) is 0 Å². The van der Waals surface area contributed by atoms with Crippen LogP contribution in [0.4, 0.5) is 5.69 Å². The number of hydrogen-bond acceptors (Lipinski definition) is 5. The molecule has 0 spiro atoms. The minimum atomic E-state index is -0.509. The van der Waals surface area contributed by atoms with Crippen molar-refractivity contribution in [1.29, 1.82) is 0 Å². The minimum Gasteiger partial charge on any atom is -0.464 e. The van der Waals surface area contributed by atoms with E-state index in [2.05, 4.69) is 9.84 Å². The quantitative estimate of drug-likeness (QED) is 0.707. The van der Waals surface area contributed by atoms with E-state index < -0.39 is 5.97 Å². The molecule has 1 fully saturated rings. The molecule has 0 amide bonds. The third kappa shape index (κ3) is 1.80. The lowest BCUT2D eigenvalue weighted by Crippen LogP contribution is -2.11. The number of ether oxygens (including phenoxy) is 2. The van der Waals surface area contributed by atoms with E-state index in [9.17, 15) is 4.79 Å². The lowest BCUT2D eigenvalue weighted by molar-refractivity contribution is 0.0593. The van der Waals surface area contributed by atoms with Gasteiger partial charge in [-0.1, -0.05) is 0 Å². The van der Waals surface area contributed by atoms with Gasteiger partial charge in [0.15, 0.2) is 5.69 Å². The van der Waals surface area contributed by atoms with Crippen LogP contribution in [0.2, 0.25) is 0 Å². The number of aromatic nitrogens is 2. The smallest absolute Gasteiger partial charge is 0.360 e. The van der Waals surface area contributed by atoms with Crippen LogP contribution >= 0.6 is 0 Å². The maximum Gasteiger partial charge on any atom is 0.360 e. The molecule has 6 heteroatoms. The van der Waals surface area contributed by atoms with Gasteiger partial charge < -0.3 is 15.2 Å². The number of carbonyl (C=O) groups is 1. The largest absolute Gasteiger partial charge is 0.464 e. The number of nitrogens with zero attached hydrogens (tertiary/aromatic N) is 2. The van der Waals surface area contributed by atoms with Gasteiger partial charge in [-0.05, 0) is 6.42 Å². The van der Waals surface area contributed by atoms with Crippen molar-refractivity contribution in [2.75, 3.05) is 26.1 Å². The number of esters is 1. The molecule has 6 nitrogen and oxygen atoms in total. The topological polar surface area (TPSA) is 79.4 Å². The summed E-state index contributed by atoms with van der Waals surface area (Å²) in [5, 5.41) is 4.10. The summed E-state index contributed by atoms with van der Waals surface area (Å²) in [4.78, 5) is 11.3. The molecule has 1 saturated heterocycles. The van der Waals surface area contributed by atoms with E-state index in [4.69, 9.17) is 10.5 Å². The van der Waals surface area contributed by atoms with Crippen molar-refractivity contribution in [2.24, 2.45) is 0 Å². The van der Waals surface area contributed by atoms with Crippen LogP contribution < -0.4 is 5.73 Å². The molecule has 1 aliphatic rings. The van der Waals surface area contributed by atoms with Gasteiger partial charge in [-0.2, -0.15) is 5.10 Å². The Hall–Kier alpha value is -1.56. The van der Waals surface area contributed by atoms with Crippen molar-refractivity contribution in [2.45, 2.75) is 12.5 Å². The van der Waals surface area contributed by atoms with Crippen molar-refractivity contribution in [3.63, 3.8) is 0 Å². The molecule has 1 aromatic rings. The van der Waals surface area contributed by atoms with Gasteiger partial charge in [0.05, 0.1) is 25.4 Å². The first-order valence-electron chi connectivity index (χ1n) is 4.73. The number of anilines is 1. The van der Waals surface area contributed by atoms with Crippen LogP contribution in [0.1, 0.15) is 23.0 Å². The van der Waals surface area contributed by atoms with E-state index in [-0.39, 0.29) is 11.7 Å². The van der Waals surface area contributed by atoms with E-state index in [1.165, 1.54) is 7.11 Å². The summed E-state index contributed by atoms with van der Waals surface area (Å²) >= 11 is 0. The highest BCUT2D eigenvalue weighted by atomic mass is 16.5. The average Bonchev–Trinajstić information content (AvgIpc) is 2.84. The van der Waals surface area contributed by atoms with Crippen LogP contribution in [-0.4, -0.2) is 36.1 Å². The van der Waals surface area contributed by atoms with Crippen LogP contribution in [0, 0.1) is 0 Å². The predicted molar refractivity (Wildman–Crippen MR) is 52.5 cm³/mol. The first kappa shape index (κ1) is 9.97. The number of hydrogen-bond donors (Lipinski definition) is 1. The van der Waals surface area contributed by atoms with Gasteiger partial charge in [0, 0.05) is 12.8 Å². The summed E-state index contributed by atoms with van der Waals surface area (Å²) in [6.45, 7) is 1.33. The Morgan fingerprint density at radius 2 is 2.60 bits per heavy atom. The van der Waals surface area contributed by atoms with Crippen molar-refractivity contribution in [1.82, 2.24) is 9.78 Å². The molecule has 0 radical (unpaired) electrons. The Bertz CT molecular complexity index is 369. The van der Waals surface area contributed by atoms with Gasteiger partial charge in [-0.3, -0.25) is 4.68 Å². The van der Waals surface area contributed by atoms with E-state index in [0.29, 0.717) is 12.3 Å². The molecular formula is C9H13N3O3. The summed E-state index contributed by atoms with van der Waals surface area (Å²) in [7, 11) is 1.31. The molecule has 0 aromatic carbocycles. The Balaban J connectivity index is 2.23. The maximum atomic E-state index is 11.3. The molecule has 0 aliphatic carbocycles. The zero-order valence-electron chi connectivity index (χ0n) is 8.47. The number of carbonyl (C=O) groups excluding carboxylic acids is 1. The van der Waals surface area contributed by atoms with Crippen LogP contribution in [0.25, 0.3) is 0 Å².